The zero-order valence-electron chi connectivity index (χ0n) is 25.7. The van der Waals surface area contributed by atoms with Crippen molar-refractivity contribution < 1.29 is 24.0 Å². The van der Waals surface area contributed by atoms with Crippen LogP contribution in [-0.2, 0) is 30.4 Å². The van der Waals surface area contributed by atoms with Crippen molar-refractivity contribution in [2.45, 2.75) is 105 Å². The fourth-order valence-electron chi connectivity index (χ4n) is 4.84. The molecule has 5 atom stereocenters. The lowest BCUT2D eigenvalue weighted by atomic mass is 9.97. The van der Waals surface area contributed by atoms with Gasteiger partial charge >= 0.3 is 0 Å². The van der Waals surface area contributed by atoms with Gasteiger partial charge in [-0.2, -0.15) is 0 Å². The fraction of sp³-hybridized carbons (Fsp3) is 0.645. The van der Waals surface area contributed by atoms with Crippen molar-refractivity contribution >= 4 is 29.5 Å². The van der Waals surface area contributed by atoms with E-state index in [1.807, 2.05) is 58.0 Å². The summed E-state index contributed by atoms with van der Waals surface area (Å²) in [6.07, 6.45) is 0.869. The molecule has 10 heteroatoms. The first-order chi connectivity index (χ1) is 19.2. The van der Waals surface area contributed by atoms with Crippen molar-refractivity contribution in [3.8, 4) is 0 Å². The number of benzene rings is 1. The van der Waals surface area contributed by atoms with Gasteiger partial charge in [-0.05, 0) is 42.1 Å². The Morgan fingerprint density at radius 1 is 0.512 bits per heavy atom. The fourth-order valence-corrected chi connectivity index (χ4v) is 4.84. The van der Waals surface area contributed by atoms with E-state index < -0.39 is 59.7 Å². The Morgan fingerprint density at radius 3 is 1.27 bits per heavy atom. The van der Waals surface area contributed by atoms with Crippen LogP contribution < -0.4 is 26.6 Å². The van der Waals surface area contributed by atoms with Crippen molar-refractivity contribution in [1.82, 2.24) is 26.6 Å². The molecule has 5 amide bonds. The smallest absolute Gasteiger partial charge is 0.243 e. The number of nitrogens with one attached hydrogen (secondary N) is 5. The first kappa shape index (κ1) is 33.8. The highest BCUT2D eigenvalue weighted by atomic mass is 16.2. The SMILES string of the molecule is CC(C)C[C@@H]1NC(=O)[C@H](C(C)C)NC(=O)[C@H](Cc2ccccc2)NC(=O)[C@H](CC(C)C)NC(=O)[C@@H](C(C)C)NC1=O. The number of carbonyl (C=O) groups is 5. The molecule has 41 heavy (non-hydrogen) atoms. The Kier molecular flexibility index (Phi) is 12.8. The maximum absolute atomic E-state index is 13.6. The van der Waals surface area contributed by atoms with Gasteiger partial charge in [0.25, 0.3) is 0 Å². The molecule has 0 aliphatic carbocycles. The number of rotatable bonds is 8. The molecule has 1 aliphatic rings. The molecule has 0 aromatic heterocycles. The van der Waals surface area contributed by atoms with Crippen molar-refractivity contribution in [1.29, 1.82) is 0 Å². The molecule has 0 radical (unpaired) electrons. The Balaban J connectivity index is 2.58. The van der Waals surface area contributed by atoms with Gasteiger partial charge in [0, 0.05) is 6.42 Å². The van der Waals surface area contributed by atoms with Gasteiger partial charge in [0.05, 0.1) is 0 Å². The lowest BCUT2D eigenvalue weighted by Gasteiger charge is -2.29. The monoisotopic (exact) mass is 571 g/mol. The highest BCUT2D eigenvalue weighted by Gasteiger charge is 2.36. The van der Waals surface area contributed by atoms with Gasteiger partial charge in [0.15, 0.2) is 0 Å². The quantitative estimate of drug-likeness (QED) is 0.324. The minimum atomic E-state index is -0.997. The van der Waals surface area contributed by atoms with E-state index in [4.69, 9.17) is 0 Å². The van der Waals surface area contributed by atoms with Crippen LogP contribution in [0.25, 0.3) is 0 Å². The van der Waals surface area contributed by atoms with Crippen LogP contribution in [0.5, 0.6) is 0 Å². The van der Waals surface area contributed by atoms with Gasteiger partial charge in [0.1, 0.15) is 30.2 Å². The van der Waals surface area contributed by atoms with Crippen LogP contribution in [0.3, 0.4) is 0 Å². The zero-order valence-corrected chi connectivity index (χ0v) is 25.7. The highest BCUT2D eigenvalue weighted by molar-refractivity contribution is 5.98. The maximum atomic E-state index is 13.6. The summed E-state index contributed by atoms with van der Waals surface area (Å²) in [6, 6.07) is 4.56. The summed E-state index contributed by atoms with van der Waals surface area (Å²) in [4.78, 5) is 67.7. The summed E-state index contributed by atoms with van der Waals surface area (Å²) < 4.78 is 0. The highest BCUT2D eigenvalue weighted by Crippen LogP contribution is 2.13. The van der Waals surface area contributed by atoms with Gasteiger partial charge < -0.3 is 26.6 Å². The van der Waals surface area contributed by atoms with Gasteiger partial charge in [-0.15, -0.1) is 0 Å². The summed E-state index contributed by atoms with van der Waals surface area (Å²) in [5, 5.41) is 14.1. The van der Waals surface area contributed by atoms with Crippen LogP contribution in [0.15, 0.2) is 30.3 Å². The van der Waals surface area contributed by atoms with Crippen LogP contribution in [-0.4, -0.2) is 59.7 Å². The standard InChI is InChI=1S/C31H49N5O5/c1-17(2)14-22-27(37)32-24(16-21-12-10-9-11-13-21)29(39)36-26(20(7)8)31(41)34-23(15-18(3)4)28(38)35-25(19(5)6)30(40)33-22/h9-13,17-20,22-26H,14-16H2,1-8H3,(H,32,37)(H,33,40)(H,34,41)(H,35,38)(H,36,39)/t22-,23-,24-,25+,26-/m0/s1. The molecule has 10 nitrogen and oxygen atoms in total. The number of amides is 5. The molecule has 1 fully saturated rings. The van der Waals surface area contributed by atoms with Gasteiger partial charge in [0.2, 0.25) is 29.5 Å². The molecule has 1 aromatic rings. The Hall–Kier alpha value is -3.43. The van der Waals surface area contributed by atoms with Gasteiger partial charge in [-0.25, -0.2) is 0 Å². The largest absolute Gasteiger partial charge is 0.343 e. The molecular formula is C31H49N5O5. The third kappa shape index (κ3) is 10.5. The molecule has 1 aromatic carbocycles. The molecule has 1 aliphatic heterocycles. The van der Waals surface area contributed by atoms with E-state index in [1.54, 1.807) is 27.7 Å². The predicted octanol–water partition coefficient (Wildman–Crippen LogP) is 2.07. The molecule has 1 heterocycles. The van der Waals surface area contributed by atoms with E-state index >= 15 is 0 Å². The van der Waals surface area contributed by atoms with E-state index in [0.717, 1.165) is 5.56 Å². The summed E-state index contributed by atoms with van der Waals surface area (Å²) >= 11 is 0. The molecule has 0 spiro atoms. The maximum Gasteiger partial charge on any atom is 0.243 e. The summed E-state index contributed by atoms with van der Waals surface area (Å²) in [6.45, 7) is 15.0. The van der Waals surface area contributed by atoms with Crippen LogP contribution in [0.4, 0.5) is 0 Å². The second-order valence-corrected chi connectivity index (χ2v) is 12.6. The van der Waals surface area contributed by atoms with Gasteiger partial charge in [-0.1, -0.05) is 85.7 Å². The molecule has 2 rings (SSSR count). The van der Waals surface area contributed by atoms with Gasteiger partial charge in [-0.3, -0.25) is 24.0 Å². The Morgan fingerprint density at radius 2 is 0.878 bits per heavy atom. The molecule has 0 bridgehead atoms. The van der Waals surface area contributed by atoms with E-state index in [1.165, 1.54) is 0 Å². The molecule has 0 unspecified atom stereocenters. The van der Waals surface area contributed by atoms with Crippen LogP contribution in [0, 0.1) is 23.7 Å². The molecule has 228 valence electrons. The zero-order chi connectivity index (χ0) is 30.9. The average molecular weight is 572 g/mol. The second-order valence-electron chi connectivity index (χ2n) is 12.6. The van der Waals surface area contributed by atoms with E-state index in [9.17, 15) is 24.0 Å². The molecule has 1 saturated heterocycles. The van der Waals surface area contributed by atoms with Crippen molar-refractivity contribution in [2.75, 3.05) is 0 Å². The minimum absolute atomic E-state index is 0.0594. The van der Waals surface area contributed by atoms with E-state index in [-0.39, 0.29) is 30.1 Å². The van der Waals surface area contributed by atoms with Crippen molar-refractivity contribution in [2.24, 2.45) is 23.7 Å². The van der Waals surface area contributed by atoms with Crippen LogP contribution >= 0.6 is 0 Å². The van der Waals surface area contributed by atoms with E-state index in [2.05, 4.69) is 26.6 Å². The number of hydrogen-bond acceptors (Lipinski definition) is 5. The Bertz CT molecular complexity index is 1060. The van der Waals surface area contributed by atoms with Crippen LogP contribution in [0.2, 0.25) is 0 Å². The first-order valence-corrected chi connectivity index (χ1v) is 14.7. The normalized spacial score (nSPS) is 25.3. The number of carbonyl (C=O) groups excluding carboxylic acids is 5. The Labute approximate surface area is 244 Å². The second kappa shape index (κ2) is 15.5. The minimum Gasteiger partial charge on any atom is -0.343 e. The van der Waals surface area contributed by atoms with Crippen molar-refractivity contribution in [3.05, 3.63) is 35.9 Å². The average Bonchev–Trinajstić information content (AvgIpc) is 2.87. The third-order valence-corrected chi connectivity index (χ3v) is 7.09. The predicted molar refractivity (Wildman–Crippen MR) is 158 cm³/mol. The van der Waals surface area contributed by atoms with E-state index in [0.29, 0.717) is 12.8 Å². The lowest BCUT2D eigenvalue weighted by molar-refractivity contribution is -0.135. The molecule has 5 N–H and O–H groups in total. The summed E-state index contributed by atoms with van der Waals surface area (Å²) in [5.74, 6) is -2.98. The lowest BCUT2D eigenvalue weighted by Crippen LogP contribution is -2.59. The summed E-state index contributed by atoms with van der Waals surface area (Å²) in [7, 11) is 0. The number of hydrogen-bond donors (Lipinski definition) is 5. The third-order valence-electron chi connectivity index (χ3n) is 7.09. The first-order valence-electron chi connectivity index (χ1n) is 14.7. The van der Waals surface area contributed by atoms with Crippen molar-refractivity contribution in [3.63, 3.8) is 0 Å². The topological polar surface area (TPSA) is 146 Å². The summed E-state index contributed by atoms with van der Waals surface area (Å²) in [5.41, 5.74) is 0.826. The molecular weight excluding hydrogens is 522 g/mol. The molecule has 0 saturated carbocycles. The van der Waals surface area contributed by atoms with Crippen LogP contribution in [0.1, 0.15) is 73.8 Å².